The molecule has 0 bridgehead atoms. The molecule has 3 heteroatoms. The van der Waals surface area contributed by atoms with Crippen molar-refractivity contribution in [3.05, 3.63) is 0 Å². The predicted octanol–water partition coefficient (Wildman–Crippen LogP) is 0.775. The van der Waals surface area contributed by atoms with Crippen LogP contribution in [-0.4, -0.2) is 18.9 Å². The number of carbonyl (C=O) groups is 2. The van der Waals surface area contributed by atoms with Gasteiger partial charge in [-0.1, -0.05) is 6.92 Å². The van der Waals surface area contributed by atoms with Gasteiger partial charge in [-0.25, -0.2) is 0 Å². The number of carbonyl (C=O) groups excluding carboxylic acids is 2. The quantitative estimate of drug-likeness (QED) is 0.527. The van der Waals surface area contributed by atoms with E-state index in [9.17, 15) is 9.59 Å². The topological polar surface area (TPSA) is 43.4 Å². The van der Waals surface area contributed by atoms with E-state index in [0.717, 1.165) is 0 Å². The van der Waals surface area contributed by atoms with Crippen LogP contribution in [0.15, 0.2) is 0 Å². The molecule has 1 saturated carbocycles. The van der Waals surface area contributed by atoms with E-state index in [-0.39, 0.29) is 23.6 Å². The third-order valence-electron chi connectivity index (χ3n) is 2.19. The van der Waals surface area contributed by atoms with Crippen LogP contribution in [0.4, 0.5) is 0 Å². The lowest BCUT2D eigenvalue weighted by molar-refractivity contribution is -0.146. The highest BCUT2D eigenvalue weighted by Crippen LogP contribution is 2.29. The third kappa shape index (κ3) is 1.59. The molecule has 0 unspecified atom stereocenters. The minimum Gasteiger partial charge on any atom is -0.469 e. The first-order valence-corrected chi connectivity index (χ1v) is 3.74. The molecule has 0 aliphatic heterocycles. The average molecular weight is 156 g/mol. The number of rotatable bonds is 1. The molecule has 2 atom stereocenters. The molecular formula is C8H12O3. The van der Waals surface area contributed by atoms with Gasteiger partial charge in [-0.3, -0.25) is 9.59 Å². The van der Waals surface area contributed by atoms with Crippen LogP contribution in [0.25, 0.3) is 0 Å². The smallest absolute Gasteiger partial charge is 0.309 e. The number of methoxy groups -OCH3 is 1. The molecule has 0 spiro atoms. The Bertz CT molecular complexity index is 186. The molecule has 0 aromatic rings. The van der Waals surface area contributed by atoms with Crippen LogP contribution in [0.2, 0.25) is 0 Å². The minimum atomic E-state index is -0.247. The van der Waals surface area contributed by atoms with E-state index >= 15 is 0 Å². The Labute approximate surface area is 65.7 Å². The molecule has 0 amide bonds. The van der Waals surface area contributed by atoms with Crippen LogP contribution in [-0.2, 0) is 14.3 Å². The molecule has 1 aliphatic rings. The highest BCUT2D eigenvalue weighted by Gasteiger charge is 2.35. The monoisotopic (exact) mass is 156 g/mol. The summed E-state index contributed by atoms with van der Waals surface area (Å²) in [4.78, 5) is 21.9. The van der Waals surface area contributed by atoms with Crippen molar-refractivity contribution in [2.75, 3.05) is 7.11 Å². The Kier molecular flexibility index (Phi) is 2.27. The van der Waals surface area contributed by atoms with Crippen LogP contribution in [0, 0.1) is 11.8 Å². The molecule has 11 heavy (non-hydrogen) atoms. The van der Waals surface area contributed by atoms with E-state index in [1.807, 2.05) is 6.92 Å². The highest BCUT2D eigenvalue weighted by molar-refractivity contribution is 5.88. The summed E-state index contributed by atoms with van der Waals surface area (Å²) in [7, 11) is 1.36. The first-order valence-electron chi connectivity index (χ1n) is 3.74. The molecule has 0 aromatic carbocycles. The molecule has 0 heterocycles. The van der Waals surface area contributed by atoms with Crippen molar-refractivity contribution in [2.45, 2.75) is 19.8 Å². The summed E-state index contributed by atoms with van der Waals surface area (Å²) in [6, 6.07) is 0. The van der Waals surface area contributed by atoms with Crippen LogP contribution in [0.1, 0.15) is 19.8 Å². The molecule has 0 N–H and O–H groups in total. The molecule has 0 aromatic heterocycles. The first kappa shape index (κ1) is 8.24. The van der Waals surface area contributed by atoms with Gasteiger partial charge in [-0.05, 0) is 5.92 Å². The number of hydrogen-bond acceptors (Lipinski definition) is 3. The first-order chi connectivity index (χ1) is 5.15. The standard InChI is InChI=1S/C8H12O3/c1-5-3-6(9)4-7(5)8(10)11-2/h5,7H,3-4H2,1-2H3/t5-,7+/m0/s1. The van der Waals surface area contributed by atoms with Crippen molar-refractivity contribution >= 4 is 11.8 Å². The number of ketones is 1. The van der Waals surface area contributed by atoms with E-state index in [1.165, 1.54) is 7.11 Å². The Morgan fingerprint density at radius 2 is 2.18 bits per heavy atom. The summed E-state index contributed by atoms with van der Waals surface area (Å²) in [6.07, 6.45) is 0.896. The number of ether oxygens (including phenoxy) is 1. The molecule has 0 radical (unpaired) electrons. The second kappa shape index (κ2) is 3.03. The largest absolute Gasteiger partial charge is 0.469 e. The van der Waals surface area contributed by atoms with Gasteiger partial charge in [0.2, 0.25) is 0 Å². The van der Waals surface area contributed by atoms with Gasteiger partial charge in [-0.15, -0.1) is 0 Å². The average Bonchev–Trinajstić information content (AvgIpc) is 2.28. The van der Waals surface area contributed by atoms with E-state index in [1.54, 1.807) is 0 Å². The maximum absolute atomic E-state index is 11.0. The lowest BCUT2D eigenvalue weighted by Crippen LogP contribution is -2.18. The third-order valence-corrected chi connectivity index (χ3v) is 2.19. The Morgan fingerprint density at radius 3 is 2.55 bits per heavy atom. The number of Topliss-reactive ketones (excluding diaryl/α,β-unsaturated/α-hetero) is 1. The Morgan fingerprint density at radius 1 is 1.55 bits per heavy atom. The molecule has 1 rings (SSSR count). The van der Waals surface area contributed by atoms with Gasteiger partial charge in [-0.2, -0.15) is 0 Å². The van der Waals surface area contributed by atoms with Gasteiger partial charge >= 0.3 is 5.97 Å². The summed E-state index contributed by atoms with van der Waals surface area (Å²) < 4.78 is 4.56. The zero-order chi connectivity index (χ0) is 8.43. The SMILES string of the molecule is COC(=O)[C@@H]1CC(=O)C[C@@H]1C. The normalized spacial score (nSPS) is 30.5. The fourth-order valence-electron chi connectivity index (χ4n) is 1.50. The van der Waals surface area contributed by atoms with Crippen LogP contribution in [0.3, 0.4) is 0 Å². The maximum atomic E-state index is 11.0. The van der Waals surface area contributed by atoms with E-state index in [2.05, 4.69) is 4.74 Å². The van der Waals surface area contributed by atoms with E-state index in [4.69, 9.17) is 0 Å². The fourth-order valence-corrected chi connectivity index (χ4v) is 1.50. The molecule has 62 valence electrons. The van der Waals surface area contributed by atoms with Gasteiger partial charge in [0.1, 0.15) is 5.78 Å². The summed E-state index contributed by atoms with van der Waals surface area (Å²) in [5.74, 6) is -0.0984. The number of esters is 1. The van der Waals surface area contributed by atoms with Crippen molar-refractivity contribution in [3.8, 4) is 0 Å². The van der Waals surface area contributed by atoms with Gasteiger partial charge in [0.05, 0.1) is 13.0 Å². The minimum absolute atomic E-state index is 0.162. The van der Waals surface area contributed by atoms with Crippen molar-refractivity contribution in [1.29, 1.82) is 0 Å². The summed E-state index contributed by atoms with van der Waals surface area (Å²) >= 11 is 0. The molecule has 0 saturated heterocycles. The molecule has 3 nitrogen and oxygen atoms in total. The predicted molar refractivity (Wildman–Crippen MR) is 38.9 cm³/mol. The lowest BCUT2D eigenvalue weighted by atomic mass is 9.99. The summed E-state index contributed by atoms with van der Waals surface area (Å²) in [6.45, 7) is 1.91. The zero-order valence-corrected chi connectivity index (χ0v) is 6.79. The second-order valence-electron chi connectivity index (χ2n) is 3.05. The maximum Gasteiger partial charge on any atom is 0.309 e. The Hall–Kier alpha value is -0.860. The summed E-state index contributed by atoms with van der Waals surface area (Å²) in [5.41, 5.74) is 0. The van der Waals surface area contributed by atoms with Crippen LogP contribution in [0.5, 0.6) is 0 Å². The number of hydrogen-bond donors (Lipinski definition) is 0. The van der Waals surface area contributed by atoms with Gasteiger partial charge < -0.3 is 4.74 Å². The van der Waals surface area contributed by atoms with Crippen LogP contribution < -0.4 is 0 Å². The van der Waals surface area contributed by atoms with Crippen molar-refractivity contribution in [3.63, 3.8) is 0 Å². The van der Waals surface area contributed by atoms with Gasteiger partial charge in [0, 0.05) is 12.8 Å². The lowest BCUT2D eigenvalue weighted by Gasteiger charge is -2.09. The molecule has 1 fully saturated rings. The summed E-state index contributed by atoms with van der Waals surface area (Å²) in [5, 5.41) is 0. The van der Waals surface area contributed by atoms with Crippen molar-refractivity contribution in [1.82, 2.24) is 0 Å². The molecule has 1 aliphatic carbocycles. The van der Waals surface area contributed by atoms with E-state index in [0.29, 0.717) is 12.8 Å². The molecular weight excluding hydrogens is 144 g/mol. The van der Waals surface area contributed by atoms with Crippen molar-refractivity contribution < 1.29 is 14.3 Å². The zero-order valence-electron chi connectivity index (χ0n) is 6.79. The van der Waals surface area contributed by atoms with Crippen molar-refractivity contribution in [2.24, 2.45) is 11.8 Å². The highest BCUT2D eigenvalue weighted by atomic mass is 16.5. The second-order valence-corrected chi connectivity index (χ2v) is 3.05. The fraction of sp³-hybridized carbons (Fsp3) is 0.750. The van der Waals surface area contributed by atoms with Crippen LogP contribution >= 0.6 is 0 Å². The van der Waals surface area contributed by atoms with E-state index < -0.39 is 0 Å². The van der Waals surface area contributed by atoms with Gasteiger partial charge in [0.25, 0.3) is 0 Å². The Balaban J connectivity index is 2.59. The van der Waals surface area contributed by atoms with Gasteiger partial charge in [0.15, 0.2) is 0 Å².